The van der Waals surface area contributed by atoms with Crippen LogP contribution in [0.15, 0.2) is 24.3 Å². The van der Waals surface area contributed by atoms with Gasteiger partial charge in [-0.3, -0.25) is 13.8 Å². The highest BCUT2D eigenvalue weighted by molar-refractivity contribution is 7.61. The molecule has 1 aromatic rings. The predicted molar refractivity (Wildman–Crippen MR) is 139 cm³/mol. The third kappa shape index (κ3) is 9.02. The normalized spacial score (nSPS) is 24.4. The molecule has 1 aromatic carbocycles. The van der Waals surface area contributed by atoms with Crippen molar-refractivity contribution in [2.45, 2.75) is 96.9 Å². The van der Waals surface area contributed by atoms with Crippen LogP contribution in [-0.4, -0.2) is 64.6 Å². The highest BCUT2D eigenvalue weighted by atomic mass is 31.2. The first-order chi connectivity index (χ1) is 19.0. The first-order valence-electron chi connectivity index (χ1n) is 13.3. The minimum Gasteiger partial charge on any atom is -0.467 e. The molecule has 1 aliphatic carbocycles. The Balaban J connectivity index is 1.63. The largest absolute Gasteiger partial charge is 0.513 e. The maximum Gasteiger partial charge on any atom is 0.513 e. The highest BCUT2D eigenvalue weighted by Gasteiger charge is 2.85. The Morgan fingerprint density at radius 3 is 2.29 bits per heavy atom. The first-order valence-corrected chi connectivity index (χ1v) is 14.9. The second kappa shape index (κ2) is 13.2. The van der Waals surface area contributed by atoms with Gasteiger partial charge in [-0.1, -0.05) is 26.0 Å². The summed E-state index contributed by atoms with van der Waals surface area (Å²) in [5.74, 6) is -1.77. The second-order valence-electron chi connectivity index (χ2n) is 10.7. The Morgan fingerprint density at radius 1 is 1.05 bits per heavy atom. The molecule has 0 aromatic heterocycles. The summed E-state index contributed by atoms with van der Waals surface area (Å²) >= 11 is 0. The Kier molecular flexibility index (Phi) is 10.7. The third-order valence-corrected chi connectivity index (χ3v) is 8.24. The molecule has 1 saturated heterocycles. The lowest BCUT2D eigenvalue weighted by Gasteiger charge is -2.23. The topological polar surface area (TPSA) is 189 Å². The number of benzene rings is 1. The summed E-state index contributed by atoms with van der Waals surface area (Å²) in [5, 5.41) is 30.4. The maximum absolute atomic E-state index is 12.9. The molecule has 15 heteroatoms. The van der Waals surface area contributed by atoms with Gasteiger partial charge < -0.3 is 39.0 Å². The molecule has 1 heterocycles. The van der Waals surface area contributed by atoms with E-state index in [2.05, 4.69) is 27.8 Å². The van der Waals surface area contributed by atoms with E-state index in [1.165, 1.54) is 40.5 Å². The Morgan fingerprint density at radius 2 is 1.68 bits per heavy atom. The van der Waals surface area contributed by atoms with Crippen molar-refractivity contribution in [1.82, 2.24) is 0 Å². The van der Waals surface area contributed by atoms with E-state index >= 15 is 0 Å². The summed E-state index contributed by atoms with van der Waals surface area (Å²) < 4.78 is 51.7. The molecule has 0 radical (unpaired) electrons. The van der Waals surface area contributed by atoms with Gasteiger partial charge >= 0.3 is 37.9 Å². The van der Waals surface area contributed by atoms with Crippen molar-refractivity contribution < 1.29 is 66.9 Å². The number of carbonyl (C=O) groups excluding carboxylic acids is 2. The Labute approximate surface area is 238 Å². The van der Waals surface area contributed by atoms with Crippen LogP contribution in [0.1, 0.15) is 72.3 Å². The zero-order valence-corrected chi connectivity index (χ0v) is 24.8. The number of ether oxygens (including phenoxy) is 6. The molecule has 0 amide bonds. The predicted octanol–water partition coefficient (Wildman–Crippen LogP) is 4.51. The average Bonchev–Trinajstić information content (AvgIpc) is 3.75. The molecule has 1 aliphatic heterocycles. The summed E-state index contributed by atoms with van der Waals surface area (Å²) in [6, 6.07) is 7.32. The molecule has 2 aliphatic rings. The van der Waals surface area contributed by atoms with Crippen molar-refractivity contribution in [2.24, 2.45) is 11.8 Å². The van der Waals surface area contributed by atoms with Gasteiger partial charge in [0, 0.05) is 0 Å². The van der Waals surface area contributed by atoms with Gasteiger partial charge in [-0.15, -0.1) is 0 Å². The van der Waals surface area contributed by atoms with E-state index in [0.29, 0.717) is 11.7 Å². The smallest absolute Gasteiger partial charge is 0.467 e. The second-order valence-corrected chi connectivity index (χ2v) is 12.7. The number of hydrogen-bond donors (Lipinski definition) is 3. The third-order valence-electron chi connectivity index (χ3n) is 6.33. The van der Waals surface area contributed by atoms with Crippen LogP contribution in [-0.2, 0) is 37.3 Å². The van der Waals surface area contributed by atoms with E-state index in [4.69, 9.17) is 23.5 Å². The number of carbonyl (C=O) groups is 2. The molecule has 41 heavy (non-hydrogen) atoms. The van der Waals surface area contributed by atoms with Gasteiger partial charge in [0.25, 0.3) is 0 Å². The lowest BCUT2D eigenvalue weighted by molar-refractivity contribution is -0.383. The molecule has 5 atom stereocenters. The molecule has 14 nitrogen and oxygen atoms in total. The van der Waals surface area contributed by atoms with Crippen LogP contribution < -0.4 is 4.74 Å². The first kappa shape index (κ1) is 33.1. The molecule has 0 spiro atoms. The van der Waals surface area contributed by atoms with Crippen molar-refractivity contribution >= 4 is 19.9 Å². The van der Waals surface area contributed by atoms with Crippen LogP contribution >= 0.6 is 7.60 Å². The minimum atomic E-state index is -4.94. The lowest BCUT2D eigenvalue weighted by Crippen LogP contribution is -2.49. The minimum absolute atomic E-state index is 0.285. The van der Waals surface area contributed by atoms with Crippen LogP contribution in [0.4, 0.5) is 9.59 Å². The van der Waals surface area contributed by atoms with Crippen LogP contribution in [0.5, 0.6) is 5.75 Å². The van der Waals surface area contributed by atoms with Gasteiger partial charge in [0.05, 0.1) is 12.2 Å². The van der Waals surface area contributed by atoms with Gasteiger partial charge in [-0.2, -0.15) is 0 Å². The molecule has 232 valence electrons. The molecular weight excluding hydrogens is 567 g/mol. The fourth-order valence-corrected chi connectivity index (χ4v) is 5.53. The van der Waals surface area contributed by atoms with E-state index in [-0.39, 0.29) is 5.92 Å². The lowest BCUT2D eigenvalue weighted by atomic mass is 9.89. The molecule has 4 unspecified atom stereocenters. The SMILES string of the molecule is CC(C)OC(=O)OC(OCOc1cccc(C(C)C[C@@H](C)C2CC2)c1)OP1(=O)OC1(O)C(O)(O)OC(=O)OC(C)C. The zero-order chi connectivity index (χ0) is 30.6. The van der Waals surface area contributed by atoms with Gasteiger partial charge in [-0.25, -0.2) is 14.1 Å². The van der Waals surface area contributed by atoms with Crippen molar-refractivity contribution in [2.75, 3.05) is 6.79 Å². The standard InChI is InChI=1S/C26H39O14P/c1-15(2)35-22(27)37-24(39-41(32)26(31,40-41)25(29,30)38-23(28)36-16(3)4)34-14-33-21-9-7-8-20(13-21)18(6)12-17(5)19-10-11-19/h7-9,13,15-19,24,29-31H,10-12,14H2,1-6H3/t17-,18?,24?,26?,41?/m1/s1. The quantitative estimate of drug-likeness (QED) is 0.109. The summed E-state index contributed by atoms with van der Waals surface area (Å²) in [6.45, 7) is 7.56. The number of aliphatic hydroxyl groups is 3. The van der Waals surface area contributed by atoms with Gasteiger partial charge in [0.2, 0.25) is 0 Å². The maximum atomic E-state index is 12.9. The van der Waals surface area contributed by atoms with E-state index in [1.807, 2.05) is 18.2 Å². The molecule has 0 bridgehead atoms. The van der Waals surface area contributed by atoms with E-state index < -0.39 is 56.9 Å². The molecular formula is C26H39O14P. The zero-order valence-electron chi connectivity index (χ0n) is 23.9. The van der Waals surface area contributed by atoms with Crippen LogP contribution in [0.25, 0.3) is 0 Å². The highest BCUT2D eigenvalue weighted by Crippen LogP contribution is 2.80. The summed E-state index contributed by atoms with van der Waals surface area (Å²) in [6.07, 6.45) is -0.676. The van der Waals surface area contributed by atoms with E-state index in [9.17, 15) is 29.5 Å². The average molecular weight is 607 g/mol. The van der Waals surface area contributed by atoms with E-state index in [1.54, 1.807) is 6.07 Å². The summed E-state index contributed by atoms with van der Waals surface area (Å²) in [4.78, 5) is 23.7. The molecule has 3 N–H and O–H groups in total. The number of rotatable bonds is 15. The number of hydrogen-bond acceptors (Lipinski definition) is 14. The summed E-state index contributed by atoms with van der Waals surface area (Å²) in [7, 11) is -4.94. The summed E-state index contributed by atoms with van der Waals surface area (Å²) in [5.41, 5.74) is -2.40. The van der Waals surface area contributed by atoms with Crippen molar-refractivity contribution in [1.29, 1.82) is 0 Å². The fraction of sp³-hybridized carbons (Fsp3) is 0.692. The van der Waals surface area contributed by atoms with Gasteiger partial charge in [-0.05, 0) is 82.4 Å². The van der Waals surface area contributed by atoms with Crippen molar-refractivity contribution in [3.8, 4) is 5.75 Å². The molecule has 3 rings (SSSR count). The molecule has 2 fully saturated rings. The Bertz CT molecular complexity index is 1100. The van der Waals surface area contributed by atoms with Crippen LogP contribution in [0.2, 0.25) is 0 Å². The fourth-order valence-electron chi connectivity index (χ4n) is 4.00. The van der Waals surface area contributed by atoms with Crippen LogP contribution in [0, 0.1) is 11.8 Å². The van der Waals surface area contributed by atoms with Crippen LogP contribution in [0.3, 0.4) is 0 Å². The molecule has 1 saturated carbocycles. The van der Waals surface area contributed by atoms with Gasteiger partial charge in [0.1, 0.15) is 5.75 Å². The van der Waals surface area contributed by atoms with Gasteiger partial charge in [0.15, 0.2) is 6.79 Å². The Hall–Kier alpha value is -2.45. The van der Waals surface area contributed by atoms with Crippen molar-refractivity contribution in [3.05, 3.63) is 29.8 Å². The van der Waals surface area contributed by atoms with E-state index in [0.717, 1.165) is 17.9 Å². The monoisotopic (exact) mass is 606 g/mol. The van der Waals surface area contributed by atoms with Crippen molar-refractivity contribution in [3.63, 3.8) is 0 Å².